The van der Waals surface area contributed by atoms with Gasteiger partial charge in [-0.25, -0.2) is 14.3 Å². The van der Waals surface area contributed by atoms with Crippen molar-refractivity contribution >= 4 is 58.7 Å². The Bertz CT molecular complexity index is 1980. The van der Waals surface area contributed by atoms with Crippen molar-refractivity contribution in [1.29, 1.82) is 0 Å². The number of nitrogens with one attached hydrogen (secondary N) is 3. The summed E-state index contributed by atoms with van der Waals surface area (Å²) in [6.07, 6.45) is 8.64. The lowest BCUT2D eigenvalue weighted by Gasteiger charge is -2.32. The van der Waals surface area contributed by atoms with Gasteiger partial charge in [0.15, 0.2) is 5.82 Å². The summed E-state index contributed by atoms with van der Waals surface area (Å²) in [4.78, 5) is 54.2. The van der Waals surface area contributed by atoms with Gasteiger partial charge in [-0.05, 0) is 99.3 Å². The Morgan fingerprint density at radius 1 is 1.10 bits per heavy atom. The molecule has 3 aliphatic heterocycles. The molecule has 4 aliphatic rings. The molecule has 8 rings (SSSR count). The number of nitrogens with zero attached hydrogens (tertiary/aromatic N) is 8. The molecule has 3 aromatic heterocycles. The first-order chi connectivity index (χ1) is 25.3. The van der Waals surface area contributed by atoms with E-state index in [1.807, 2.05) is 17.9 Å². The van der Waals surface area contributed by atoms with Crippen molar-refractivity contribution in [2.24, 2.45) is 7.05 Å². The second-order valence-corrected chi connectivity index (χ2v) is 15.5. The van der Waals surface area contributed by atoms with Crippen molar-refractivity contribution in [1.82, 2.24) is 39.3 Å². The van der Waals surface area contributed by atoms with Gasteiger partial charge in [0.1, 0.15) is 10.8 Å². The van der Waals surface area contributed by atoms with Crippen LogP contribution >= 0.6 is 11.9 Å². The lowest BCUT2D eigenvalue weighted by molar-refractivity contribution is -0.120. The van der Waals surface area contributed by atoms with Crippen molar-refractivity contribution in [2.45, 2.75) is 73.9 Å². The molecule has 3 N–H and O–H groups in total. The van der Waals surface area contributed by atoms with Crippen molar-refractivity contribution in [3.05, 3.63) is 59.4 Å². The number of fused-ring (bicyclic) bond motifs is 3. The van der Waals surface area contributed by atoms with Crippen LogP contribution in [-0.2, 0) is 33.4 Å². The molecule has 15 heteroatoms. The molecule has 2 saturated heterocycles. The monoisotopic (exact) mass is 723 g/mol. The van der Waals surface area contributed by atoms with Crippen LogP contribution in [0.3, 0.4) is 0 Å². The zero-order valence-electron chi connectivity index (χ0n) is 29.7. The largest absolute Gasteiger partial charge is 0.359 e. The second kappa shape index (κ2) is 14.4. The highest BCUT2D eigenvalue weighted by Gasteiger charge is 2.57. The maximum absolute atomic E-state index is 12.3. The molecule has 14 nitrogen and oxygen atoms in total. The maximum atomic E-state index is 12.3. The van der Waals surface area contributed by atoms with Crippen LogP contribution in [0.1, 0.15) is 67.7 Å². The van der Waals surface area contributed by atoms with Gasteiger partial charge in [0, 0.05) is 69.9 Å². The maximum Gasteiger partial charge on any atom is 0.236 e. The summed E-state index contributed by atoms with van der Waals surface area (Å²) in [6, 6.07) is 13.1. The first-order valence-electron chi connectivity index (χ1n) is 18.3. The van der Waals surface area contributed by atoms with Crippen LogP contribution in [0.25, 0.3) is 10.9 Å². The van der Waals surface area contributed by atoms with Crippen molar-refractivity contribution in [3.8, 4) is 0 Å². The number of aromatic nitrogens is 5. The number of carbonyl (C=O) groups is 3. The average Bonchev–Trinajstić information content (AvgIpc) is 3.84. The SMILES string of the molecule is CNC(=O)CCN(C=O)c1nn(C)c2cc(C3CCN(Cc4cccc(SN5CCC(Nc6ncc7c(n6)NC(=O)C76CC6)CC5)n4)CC3)ccc12. The summed E-state index contributed by atoms with van der Waals surface area (Å²) < 4.78 is 4.21. The van der Waals surface area contributed by atoms with Gasteiger partial charge in [0.25, 0.3) is 0 Å². The number of anilines is 3. The molecule has 0 unspecified atom stereocenters. The summed E-state index contributed by atoms with van der Waals surface area (Å²) in [5, 5.41) is 15.6. The second-order valence-electron chi connectivity index (χ2n) is 14.4. The molecule has 1 aliphatic carbocycles. The van der Waals surface area contributed by atoms with Gasteiger partial charge in [0.2, 0.25) is 24.2 Å². The molecule has 6 heterocycles. The third-order valence-electron chi connectivity index (χ3n) is 11.1. The number of benzene rings is 1. The summed E-state index contributed by atoms with van der Waals surface area (Å²) in [5.41, 5.74) is 3.96. The number of aryl methyl sites for hydroxylation is 1. The third kappa shape index (κ3) is 6.96. The summed E-state index contributed by atoms with van der Waals surface area (Å²) in [6.45, 7) is 4.98. The number of hydrogen-bond acceptors (Lipinski definition) is 11. The topological polar surface area (TPSA) is 154 Å². The zero-order valence-corrected chi connectivity index (χ0v) is 30.5. The standard InChI is InChI=1S/C37H45N11O3S/c1-38-31(50)12-17-47(23-49)34-28-7-6-25(20-30(28)45(2)44-34)24-8-15-46(16-9-24)22-27-4-3-5-32(40-27)52-48-18-10-26(11-19-48)41-36-39-21-29-33(43-36)42-35(51)37(29)13-14-37/h3-7,20-21,23-24,26H,8-19,22H2,1-2H3,(H,38,50)(H2,39,41,42,43,51). The smallest absolute Gasteiger partial charge is 0.236 e. The van der Waals surface area contributed by atoms with E-state index in [4.69, 9.17) is 4.98 Å². The zero-order chi connectivity index (χ0) is 35.8. The minimum atomic E-state index is -0.358. The molecule has 1 saturated carbocycles. The van der Waals surface area contributed by atoms with Gasteiger partial charge in [-0.2, -0.15) is 10.1 Å². The van der Waals surface area contributed by atoms with E-state index < -0.39 is 0 Å². The first kappa shape index (κ1) is 34.5. The van der Waals surface area contributed by atoms with E-state index in [1.165, 1.54) is 10.5 Å². The van der Waals surface area contributed by atoms with E-state index in [-0.39, 0.29) is 36.2 Å². The molecule has 4 aromatic rings. The Balaban J connectivity index is 0.809. The number of piperidine rings is 2. The van der Waals surface area contributed by atoms with Crippen LogP contribution in [-0.4, -0.2) is 98.0 Å². The summed E-state index contributed by atoms with van der Waals surface area (Å²) >= 11 is 1.73. The van der Waals surface area contributed by atoms with Gasteiger partial charge < -0.3 is 16.0 Å². The van der Waals surface area contributed by atoms with Gasteiger partial charge in [-0.1, -0.05) is 12.1 Å². The lowest BCUT2D eigenvalue weighted by atomic mass is 9.89. The van der Waals surface area contributed by atoms with E-state index in [0.717, 1.165) is 105 Å². The Morgan fingerprint density at radius 3 is 2.65 bits per heavy atom. The van der Waals surface area contributed by atoms with Crippen LogP contribution < -0.4 is 20.9 Å². The Kier molecular flexibility index (Phi) is 9.57. The fraction of sp³-hybridized carbons (Fsp3) is 0.486. The van der Waals surface area contributed by atoms with Gasteiger partial charge in [-0.3, -0.25) is 28.9 Å². The Hall–Kier alpha value is -4.60. The highest BCUT2D eigenvalue weighted by atomic mass is 32.2. The number of amides is 3. The van der Waals surface area contributed by atoms with Crippen LogP contribution in [0.4, 0.5) is 17.6 Å². The molecule has 0 bridgehead atoms. The van der Waals surface area contributed by atoms with Gasteiger partial charge in [-0.15, -0.1) is 0 Å². The van der Waals surface area contributed by atoms with E-state index in [9.17, 15) is 14.4 Å². The molecular weight excluding hydrogens is 679 g/mol. The predicted molar refractivity (Wildman–Crippen MR) is 200 cm³/mol. The van der Waals surface area contributed by atoms with Crippen LogP contribution in [0.15, 0.2) is 47.6 Å². The summed E-state index contributed by atoms with van der Waals surface area (Å²) in [5.74, 6) is 2.24. The molecule has 1 aromatic carbocycles. The van der Waals surface area contributed by atoms with Crippen molar-refractivity contribution < 1.29 is 14.4 Å². The number of likely N-dealkylation sites (tertiary alicyclic amines) is 1. The molecule has 52 heavy (non-hydrogen) atoms. The molecule has 0 radical (unpaired) electrons. The molecule has 1 spiro atoms. The Morgan fingerprint density at radius 2 is 1.90 bits per heavy atom. The van der Waals surface area contributed by atoms with E-state index >= 15 is 0 Å². The number of pyridine rings is 1. The number of carbonyl (C=O) groups excluding carboxylic acids is 3. The normalized spacial score (nSPS) is 19.1. The predicted octanol–water partition coefficient (Wildman–Crippen LogP) is 3.80. The molecule has 0 atom stereocenters. The quantitative estimate of drug-likeness (QED) is 0.145. The molecule has 3 fully saturated rings. The van der Waals surface area contributed by atoms with Crippen LogP contribution in [0.5, 0.6) is 0 Å². The fourth-order valence-corrected chi connectivity index (χ4v) is 8.76. The highest BCUT2D eigenvalue weighted by Crippen LogP contribution is 2.54. The highest BCUT2D eigenvalue weighted by molar-refractivity contribution is 7.97. The van der Waals surface area contributed by atoms with E-state index in [1.54, 1.807) is 19.0 Å². The number of rotatable bonds is 12. The minimum absolute atomic E-state index is 0.0652. The third-order valence-corrected chi connectivity index (χ3v) is 12.1. The van der Waals surface area contributed by atoms with E-state index in [0.29, 0.717) is 23.5 Å². The minimum Gasteiger partial charge on any atom is -0.359 e. The van der Waals surface area contributed by atoms with Crippen LogP contribution in [0, 0.1) is 0 Å². The van der Waals surface area contributed by atoms with Gasteiger partial charge in [0.05, 0.1) is 16.6 Å². The van der Waals surface area contributed by atoms with E-state index in [2.05, 4.69) is 76.6 Å². The van der Waals surface area contributed by atoms with Gasteiger partial charge >= 0.3 is 0 Å². The van der Waals surface area contributed by atoms with Crippen molar-refractivity contribution in [2.75, 3.05) is 55.3 Å². The molecular formula is C37H45N11O3S. The Labute approximate surface area is 307 Å². The summed E-state index contributed by atoms with van der Waals surface area (Å²) in [7, 11) is 3.49. The molecule has 3 amide bonds. The lowest BCUT2D eigenvalue weighted by Crippen LogP contribution is -2.36. The molecule has 272 valence electrons. The van der Waals surface area contributed by atoms with Crippen molar-refractivity contribution in [3.63, 3.8) is 0 Å². The average molecular weight is 724 g/mol. The van der Waals surface area contributed by atoms with Crippen LogP contribution in [0.2, 0.25) is 0 Å². The fourth-order valence-electron chi connectivity index (χ4n) is 7.80. The first-order valence-corrected chi connectivity index (χ1v) is 19.0. The number of hydrogen-bond donors (Lipinski definition) is 3.